The summed E-state index contributed by atoms with van der Waals surface area (Å²) in [6, 6.07) is 15.4. The lowest BCUT2D eigenvalue weighted by atomic mass is 10.1. The van der Waals surface area contributed by atoms with Crippen molar-refractivity contribution in [1.29, 1.82) is 0 Å². The van der Waals surface area contributed by atoms with Crippen LogP contribution in [-0.2, 0) is 0 Å². The smallest absolute Gasteiger partial charge is 0.321 e. The van der Waals surface area contributed by atoms with Crippen LogP contribution in [0.2, 0.25) is 0 Å². The average Bonchev–Trinajstić information content (AvgIpc) is 3.12. The van der Waals surface area contributed by atoms with Gasteiger partial charge in [0.05, 0.1) is 22.5 Å². The van der Waals surface area contributed by atoms with Crippen molar-refractivity contribution in [2.24, 2.45) is 0 Å². The van der Waals surface area contributed by atoms with Gasteiger partial charge in [-0.2, -0.15) is 0 Å². The molecule has 4 rings (SSSR count). The number of carbonyl (C=O) groups is 1. The van der Waals surface area contributed by atoms with Crippen molar-refractivity contribution < 1.29 is 14.3 Å². The lowest BCUT2D eigenvalue weighted by Gasteiger charge is -2.31. The maximum atomic E-state index is 12.6. The summed E-state index contributed by atoms with van der Waals surface area (Å²) in [5.74, 6) is 0.687. The number of piperidine rings is 1. The number of ether oxygens (including phenoxy) is 2. The largest absolute Gasteiger partial charge is 0.492 e. The molecule has 0 bridgehead atoms. The summed E-state index contributed by atoms with van der Waals surface area (Å²) < 4.78 is 12.8. The van der Waals surface area contributed by atoms with Gasteiger partial charge in [0.25, 0.3) is 5.19 Å². The summed E-state index contributed by atoms with van der Waals surface area (Å²) in [6.07, 6.45) is 1.66. The van der Waals surface area contributed by atoms with Crippen molar-refractivity contribution in [3.63, 3.8) is 0 Å². The summed E-state index contributed by atoms with van der Waals surface area (Å²) in [4.78, 5) is 19.0. The Kier molecular flexibility index (Phi) is 5.62. The molecule has 1 saturated heterocycles. The molecule has 0 radical (unpaired) electrons. The highest BCUT2D eigenvalue weighted by atomic mass is 32.1. The monoisotopic (exact) mass is 397 g/mol. The number of amides is 2. The number of carbonyl (C=O) groups excluding carboxylic acids is 1. The Morgan fingerprint density at radius 3 is 2.71 bits per heavy atom. The number of hydrogen-bond acceptors (Lipinski definition) is 5. The number of thiazole rings is 1. The van der Waals surface area contributed by atoms with E-state index in [4.69, 9.17) is 9.47 Å². The van der Waals surface area contributed by atoms with Gasteiger partial charge < -0.3 is 19.7 Å². The zero-order chi connectivity index (χ0) is 19.3. The summed E-state index contributed by atoms with van der Waals surface area (Å²) in [6.45, 7) is 3.78. The fraction of sp³-hybridized carbons (Fsp3) is 0.333. The minimum atomic E-state index is -0.106. The Balaban J connectivity index is 1.31. The first-order valence-electron chi connectivity index (χ1n) is 9.53. The molecule has 0 saturated carbocycles. The van der Waals surface area contributed by atoms with Crippen molar-refractivity contribution in [3.05, 3.63) is 48.5 Å². The number of rotatable bonds is 5. The molecule has 1 fully saturated rings. The van der Waals surface area contributed by atoms with Gasteiger partial charge in [-0.15, -0.1) is 0 Å². The number of nitrogens with zero attached hydrogens (tertiary/aromatic N) is 2. The Labute approximate surface area is 168 Å². The normalized spacial score (nSPS) is 14.8. The molecule has 146 valence electrons. The van der Waals surface area contributed by atoms with Crippen molar-refractivity contribution in [2.45, 2.75) is 25.9 Å². The second-order valence-corrected chi connectivity index (χ2v) is 7.60. The van der Waals surface area contributed by atoms with E-state index < -0.39 is 0 Å². The SMILES string of the molecule is CCOc1ccccc1NC(=O)N1CCC(Oc2nc3ccccc3s2)CC1. The fourth-order valence-corrected chi connectivity index (χ4v) is 4.15. The molecule has 3 aromatic rings. The first-order chi connectivity index (χ1) is 13.7. The first-order valence-corrected chi connectivity index (χ1v) is 10.3. The van der Waals surface area contributed by atoms with Gasteiger partial charge in [0, 0.05) is 25.9 Å². The van der Waals surface area contributed by atoms with Crippen LogP contribution in [0.3, 0.4) is 0 Å². The van der Waals surface area contributed by atoms with Gasteiger partial charge in [-0.05, 0) is 31.2 Å². The summed E-state index contributed by atoms with van der Waals surface area (Å²) in [5.41, 5.74) is 1.66. The van der Waals surface area contributed by atoms with Gasteiger partial charge in [-0.3, -0.25) is 0 Å². The minimum Gasteiger partial charge on any atom is -0.492 e. The van der Waals surface area contributed by atoms with Crippen molar-refractivity contribution in [2.75, 3.05) is 25.0 Å². The number of hydrogen-bond donors (Lipinski definition) is 1. The Morgan fingerprint density at radius 1 is 1.18 bits per heavy atom. The Morgan fingerprint density at radius 2 is 1.93 bits per heavy atom. The number of aromatic nitrogens is 1. The van der Waals surface area contributed by atoms with Gasteiger partial charge in [0.15, 0.2) is 0 Å². The molecular formula is C21H23N3O3S. The van der Waals surface area contributed by atoms with Gasteiger partial charge in [-0.25, -0.2) is 9.78 Å². The summed E-state index contributed by atoms with van der Waals surface area (Å²) >= 11 is 1.57. The van der Waals surface area contributed by atoms with Crippen LogP contribution in [0.25, 0.3) is 10.2 Å². The van der Waals surface area contributed by atoms with Crippen LogP contribution in [0.5, 0.6) is 10.9 Å². The third-order valence-corrected chi connectivity index (χ3v) is 5.63. The molecule has 0 unspecified atom stereocenters. The van der Waals surface area contributed by atoms with E-state index in [9.17, 15) is 4.79 Å². The van der Waals surface area contributed by atoms with E-state index in [0.717, 1.165) is 23.1 Å². The quantitative estimate of drug-likeness (QED) is 0.674. The van der Waals surface area contributed by atoms with Crippen molar-refractivity contribution >= 4 is 33.3 Å². The number of para-hydroxylation sites is 3. The second-order valence-electron chi connectivity index (χ2n) is 6.61. The van der Waals surface area contributed by atoms with E-state index in [0.29, 0.717) is 36.3 Å². The van der Waals surface area contributed by atoms with Crippen LogP contribution in [0.4, 0.5) is 10.5 Å². The van der Waals surface area contributed by atoms with Gasteiger partial charge in [-0.1, -0.05) is 35.6 Å². The lowest BCUT2D eigenvalue weighted by molar-refractivity contribution is 0.115. The van der Waals surface area contributed by atoms with Crippen LogP contribution in [0.1, 0.15) is 19.8 Å². The molecule has 7 heteroatoms. The number of benzene rings is 2. The van der Waals surface area contributed by atoms with E-state index in [1.165, 1.54) is 0 Å². The highest BCUT2D eigenvalue weighted by Gasteiger charge is 2.25. The zero-order valence-electron chi connectivity index (χ0n) is 15.8. The Bertz CT molecular complexity index is 918. The van der Waals surface area contributed by atoms with Crippen molar-refractivity contribution in [1.82, 2.24) is 9.88 Å². The molecule has 6 nitrogen and oxygen atoms in total. The minimum absolute atomic E-state index is 0.0836. The number of urea groups is 1. The first kappa shape index (κ1) is 18.6. The molecule has 2 amide bonds. The Hall–Kier alpha value is -2.80. The molecule has 0 aliphatic carbocycles. The predicted molar refractivity (Wildman–Crippen MR) is 111 cm³/mol. The van der Waals surface area contributed by atoms with E-state index in [1.807, 2.05) is 60.4 Å². The second kappa shape index (κ2) is 8.48. The number of fused-ring (bicyclic) bond motifs is 1. The number of anilines is 1. The molecule has 1 aliphatic rings. The molecule has 1 aliphatic heterocycles. The highest BCUT2D eigenvalue weighted by molar-refractivity contribution is 7.20. The van der Waals surface area contributed by atoms with Gasteiger partial charge in [0.1, 0.15) is 11.9 Å². The molecule has 2 heterocycles. The predicted octanol–water partition coefficient (Wildman–Crippen LogP) is 4.77. The third-order valence-electron chi connectivity index (χ3n) is 4.70. The zero-order valence-corrected chi connectivity index (χ0v) is 16.6. The lowest BCUT2D eigenvalue weighted by Crippen LogP contribution is -2.43. The average molecular weight is 398 g/mol. The fourth-order valence-electron chi connectivity index (χ4n) is 3.27. The van der Waals surface area contributed by atoms with Crippen LogP contribution >= 0.6 is 11.3 Å². The van der Waals surface area contributed by atoms with E-state index in [-0.39, 0.29) is 12.1 Å². The van der Waals surface area contributed by atoms with Crippen LogP contribution < -0.4 is 14.8 Å². The molecule has 0 atom stereocenters. The molecule has 0 spiro atoms. The van der Waals surface area contributed by atoms with Crippen molar-refractivity contribution in [3.8, 4) is 10.9 Å². The maximum absolute atomic E-state index is 12.6. The molecule has 2 aromatic carbocycles. The number of likely N-dealkylation sites (tertiary alicyclic amines) is 1. The molecular weight excluding hydrogens is 374 g/mol. The van der Waals surface area contributed by atoms with E-state index in [1.54, 1.807) is 11.3 Å². The van der Waals surface area contributed by atoms with Gasteiger partial charge >= 0.3 is 6.03 Å². The molecule has 1 N–H and O–H groups in total. The molecule has 28 heavy (non-hydrogen) atoms. The van der Waals surface area contributed by atoms with Crippen LogP contribution in [0.15, 0.2) is 48.5 Å². The van der Waals surface area contributed by atoms with Crippen LogP contribution in [-0.4, -0.2) is 41.7 Å². The highest BCUT2D eigenvalue weighted by Crippen LogP contribution is 2.30. The third kappa shape index (κ3) is 4.20. The van der Waals surface area contributed by atoms with E-state index >= 15 is 0 Å². The molecule has 1 aromatic heterocycles. The van der Waals surface area contributed by atoms with Gasteiger partial charge in [0.2, 0.25) is 0 Å². The summed E-state index contributed by atoms with van der Waals surface area (Å²) in [5, 5.41) is 3.66. The topological polar surface area (TPSA) is 63.7 Å². The number of nitrogens with one attached hydrogen (secondary N) is 1. The summed E-state index contributed by atoms with van der Waals surface area (Å²) in [7, 11) is 0. The standard InChI is InChI=1S/C21H23N3O3S/c1-2-26-18-9-5-3-7-16(18)22-20(25)24-13-11-15(12-14-24)27-21-23-17-8-4-6-10-19(17)28-21/h3-10,15H,2,11-14H2,1H3,(H,22,25). The van der Waals surface area contributed by atoms with Crippen LogP contribution in [0, 0.1) is 0 Å². The maximum Gasteiger partial charge on any atom is 0.321 e. The van der Waals surface area contributed by atoms with E-state index in [2.05, 4.69) is 10.3 Å².